The van der Waals surface area contributed by atoms with E-state index in [1.807, 2.05) is 26.8 Å². The second-order valence-corrected chi connectivity index (χ2v) is 5.99. The van der Waals surface area contributed by atoms with Crippen molar-refractivity contribution in [2.24, 2.45) is 5.73 Å². The van der Waals surface area contributed by atoms with Gasteiger partial charge in [-0.1, -0.05) is 12.1 Å². The molecule has 1 aliphatic rings. The molecule has 1 aliphatic carbocycles. The van der Waals surface area contributed by atoms with Crippen LogP contribution in [0.3, 0.4) is 0 Å². The highest BCUT2D eigenvalue weighted by Gasteiger charge is 2.09. The molecule has 0 radical (unpaired) electrons. The maximum atomic E-state index is 12.0. The van der Waals surface area contributed by atoms with E-state index in [0.29, 0.717) is 0 Å². The standard InChI is InChI=1S/C18H25N3O/c1-12-9-16(13(2)19)14(3)21-17(10-18(22)20-11-12)15-7-5-4-6-8-15/h7,9-11,13H,4-6,8,19H2,1-3H3,(H,20,22). The molecule has 0 aliphatic heterocycles. The number of nitrogens with one attached hydrogen (secondary N) is 1. The van der Waals surface area contributed by atoms with Gasteiger partial charge in [0.05, 0.1) is 5.69 Å². The van der Waals surface area contributed by atoms with Crippen LogP contribution in [0.1, 0.15) is 61.2 Å². The summed E-state index contributed by atoms with van der Waals surface area (Å²) in [6, 6.07) is 3.47. The smallest absolute Gasteiger partial charge is 0.250 e. The van der Waals surface area contributed by atoms with Gasteiger partial charge in [0.15, 0.2) is 0 Å². The van der Waals surface area contributed by atoms with Crippen LogP contribution in [-0.4, -0.2) is 9.97 Å². The van der Waals surface area contributed by atoms with Crippen LogP contribution in [-0.2, 0) is 0 Å². The van der Waals surface area contributed by atoms with Crippen LogP contribution >= 0.6 is 0 Å². The minimum atomic E-state index is -0.143. The van der Waals surface area contributed by atoms with E-state index in [1.165, 1.54) is 6.42 Å². The molecule has 4 nitrogen and oxygen atoms in total. The fraction of sp³-hybridized carbons (Fsp3) is 0.444. The van der Waals surface area contributed by atoms with E-state index in [9.17, 15) is 4.79 Å². The maximum absolute atomic E-state index is 12.0. The zero-order valence-corrected chi connectivity index (χ0v) is 13.6. The lowest BCUT2D eigenvalue weighted by Crippen LogP contribution is -2.09. The van der Waals surface area contributed by atoms with Gasteiger partial charge in [-0.2, -0.15) is 0 Å². The average molecular weight is 299 g/mol. The molecule has 1 unspecified atom stereocenters. The van der Waals surface area contributed by atoms with Gasteiger partial charge in [-0.15, -0.1) is 0 Å². The van der Waals surface area contributed by atoms with E-state index in [0.717, 1.165) is 47.4 Å². The minimum Gasteiger partial charge on any atom is -0.329 e. The first kappa shape index (κ1) is 16.4. The zero-order valence-electron chi connectivity index (χ0n) is 13.6. The Hall–Kier alpha value is -1.94. The van der Waals surface area contributed by atoms with Crippen molar-refractivity contribution in [2.45, 2.75) is 52.5 Å². The normalized spacial score (nSPS) is 15.7. The van der Waals surface area contributed by atoms with Crippen LogP contribution in [0.4, 0.5) is 0 Å². The Labute approximate surface area is 131 Å². The molecule has 4 heteroatoms. The average Bonchev–Trinajstić information content (AvgIpc) is 2.50. The third-order valence-corrected chi connectivity index (χ3v) is 3.91. The molecular weight excluding hydrogens is 274 g/mol. The molecule has 0 saturated heterocycles. The summed E-state index contributed by atoms with van der Waals surface area (Å²) in [6.07, 6.45) is 8.29. The van der Waals surface area contributed by atoms with Gasteiger partial charge in [0.25, 0.3) is 0 Å². The molecule has 0 fully saturated rings. The van der Waals surface area contributed by atoms with E-state index >= 15 is 0 Å². The molecule has 0 saturated carbocycles. The number of aromatic amines is 1. The summed E-state index contributed by atoms with van der Waals surface area (Å²) in [5.74, 6) is 0. The van der Waals surface area contributed by atoms with Crippen molar-refractivity contribution >= 4 is 5.57 Å². The number of allylic oxidation sites excluding steroid dienone is 2. The van der Waals surface area contributed by atoms with E-state index in [2.05, 4.69) is 11.1 Å². The molecule has 1 aromatic rings. The van der Waals surface area contributed by atoms with Crippen LogP contribution < -0.4 is 11.3 Å². The van der Waals surface area contributed by atoms with Crippen molar-refractivity contribution in [1.82, 2.24) is 9.97 Å². The number of hydrogen-bond donors (Lipinski definition) is 2. The molecule has 1 heterocycles. The van der Waals surface area contributed by atoms with E-state index in [1.54, 1.807) is 12.3 Å². The Kier molecular flexibility index (Phi) is 5.50. The second kappa shape index (κ2) is 7.36. The van der Waals surface area contributed by atoms with Crippen LogP contribution in [0.2, 0.25) is 0 Å². The summed E-state index contributed by atoms with van der Waals surface area (Å²) in [6.45, 7) is 5.84. The van der Waals surface area contributed by atoms with Crippen LogP contribution in [0.15, 0.2) is 29.2 Å². The Morgan fingerprint density at radius 2 is 2.05 bits per heavy atom. The predicted molar refractivity (Wildman–Crippen MR) is 91.0 cm³/mol. The van der Waals surface area contributed by atoms with Gasteiger partial charge in [0.1, 0.15) is 0 Å². The summed E-state index contributed by atoms with van der Waals surface area (Å²) in [5.41, 5.74) is 10.7. The number of nitrogens with zero attached hydrogens (tertiary/aromatic N) is 1. The van der Waals surface area contributed by atoms with Crippen molar-refractivity contribution in [3.8, 4) is 0 Å². The number of hydrogen-bond acceptors (Lipinski definition) is 3. The van der Waals surface area contributed by atoms with Gasteiger partial charge < -0.3 is 10.7 Å². The molecule has 118 valence electrons. The summed E-state index contributed by atoms with van der Waals surface area (Å²) in [5, 5.41) is 0. The lowest BCUT2D eigenvalue weighted by atomic mass is 9.97. The second-order valence-electron chi connectivity index (χ2n) is 5.99. The summed E-state index contributed by atoms with van der Waals surface area (Å²) in [7, 11) is 0. The van der Waals surface area contributed by atoms with Crippen LogP contribution in [0, 0.1) is 13.8 Å². The largest absolute Gasteiger partial charge is 0.329 e. The zero-order chi connectivity index (χ0) is 16.1. The Balaban J connectivity index is 2.73. The van der Waals surface area contributed by atoms with Crippen molar-refractivity contribution in [3.05, 3.63) is 57.3 Å². The first-order valence-electron chi connectivity index (χ1n) is 7.88. The Morgan fingerprint density at radius 1 is 1.27 bits per heavy atom. The third-order valence-electron chi connectivity index (χ3n) is 3.91. The molecule has 3 N–H and O–H groups in total. The van der Waals surface area contributed by atoms with Gasteiger partial charge in [-0.3, -0.25) is 9.78 Å². The van der Waals surface area contributed by atoms with Gasteiger partial charge in [-0.05, 0) is 63.2 Å². The molecule has 0 aromatic carbocycles. The summed E-state index contributed by atoms with van der Waals surface area (Å²) >= 11 is 0. The van der Waals surface area contributed by atoms with Gasteiger partial charge in [-0.25, -0.2) is 0 Å². The van der Waals surface area contributed by atoms with E-state index in [4.69, 9.17) is 10.7 Å². The number of rotatable bonds is 2. The van der Waals surface area contributed by atoms with Gasteiger partial charge >= 0.3 is 0 Å². The highest BCUT2D eigenvalue weighted by Crippen LogP contribution is 2.24. The van der Waals surface area contributed by atoms with E-state index < -0.39 is 0 Å². The highest BCUT2D eigenvalue weighted by molar-refractivity contribution is 5.62. The van der Waals surface area contributed by atoms with E-state index in [-0.39, 0.29) is 11.6 Å². The molecule has 1 atom stereocenters. The van der Waals surface area contributed by atoms with Gasteiger partial charge in [0, 0.05) is 24.0 Å². The fourth-order valence-electron chi connectivity index (χ4n) is 2.72. The van der Waals surface area contributed by atoms with Crippen molar-refractivity contribution in [1.29, 1.82) is 0 Å². The number of nitrogens with two attached hydrogens (primary N) is 1. The predicted octanol–water partition coefficient (Wildman–Crippen LogP) is 3.49. The minimum absolute atomic E-state index is 0.108. The summed E-state index contributed by atoms with van der Waals surface area (Å²) < 4.78 is 0. The first-order valence-corrected chi connectivity index (χ1v) is 7.88. The fourth-order valence-corrected chi connectivity index (χ4v) is 2.72. The SMILES string of the molecule is Cc1c[nH]c(=O)cc(C2=CCCCC2)nc(C)c(C(C)N)c1. The number of H-pyrrole nitrogens is 1. The monoisotopic (exact) mass is 299 g/mol. The molecule has 0 bridgehead atoms. The number of aromatic nitrogens is 2. The molecule has 1 aromatic heterocycles. The van der Waals surface area contributed by atoms with Crippen molar-refractivity contribution in [2.75, 3.05) is 0 Å². The molecule has 22 heavy (non-hydrogen) atoms. The topological polar surface area (TPSA) is 71.8 Å². The van der Waals surface area contributed by atoms with Crippen LogP contribution in [0.5, 0.6) is 0 Å². The molecule has 0 amide bonds. The maximum Gasteiger partial charge on any atom is 0.250 e. The molecule has 0 spiro atoms. The molecule has 2 rings (SSSR count). The first-order chi connectivity index (χ1) is 10.5. The van der Waals surface area contributed by atoms with Crippen molar-refractivity contribution < 1.29 is 0 Å². The summed E-state index contributed by atoms with van der Waals surface area (Å²) in [4.78, 5) is 19.6. The third kappa shape index (κ3) is 4.28. The lowest BCUT2D eigenvalue weighted by Gasteiger charge is -2.13. The van der Waals surface area contributed by atoms with Crippen LogP contribution in [0.25, 0.3) is 5.57 Å². The number of aryl methyl sites for hydroxylation is 2. The highest BCUT2D eigenvalue weighted by atomic mass is 16.1. The quantitative estimate of drug-likeness (QED) is 0.878. The van der Waals surface area contributed by atoms with Gasteiger partial charge in [0.2, 0.25) is 5.56 Å². The lowest BCUT2D eigenvalue weighted by molar-refractivity contribution is 0.739. The van der Waals surface area contributed by atoms with Crippen molar-refractivity contribution in [3.63, 3.8) is 0 Å². The Bertz CT molecular complexity index is 685. The molecular formula is C18H25N3O. The Morgan fingerprint density at radius 3 is 2.68 bits per heavy atom.